The molecule has 9 aromatic rings. The van der Waals surface area contributed by atoms with Crippen LogP contribution in [0.1, 0.15) is 109 Å². The normalized spacial score (nSPS) is 14.6. The van der Waals surface area contributed by atoms with Crippen LogP contribution in [0, 0.1) is 0 Å². The summed E-state index contributed by atoms with van der Waals surface area (Å²) < 4.78 is 17.4. The Kier molecular flexibility index (Phi) is 11.1. The van der Waals surface area contributed by atoms with E-state index in [0.717, 1.165) is 77.4 Å². The molecule has 0 amide bonds. The predicted molar refractivity (Wildman–Crippen MR) is 283 cm³/mol. The summed E-state index contributed by atoms with van der Waals surface area (Å²) in [6.45, 7) is 18.4. The second kappa shape index (κ2) is 16.9. The van der Waals surface area contributed by atoms with Gasteiger partial charge in [-0.25, -0.2) is 14.4 Å². The molecule has 0 fully saturated rings. The van der Waals surface area contributed by atoms with Gasteiger partial charge in [0.25, 0.3) is 0 Å². The van der Waals surface area contributed by atoms with Gasteiger partial charge in [0.05, 0.1) is 16.2 Å². The van der Waals surface area contributed by atoms with E-state index in [1.165, 1.54) is 0 Å². The highest BCUT2D eigenvalue weighted by Crippen LogP contribution is 2.46. The Labute approximate surface area is 402 Å². The maximum atomic E-state index is 13.3. The lowest BCUT2D eigenvalue weighted by molar-refractivity contribution is 0.382. The minimum Gasteiger partial charge on any atom is -0.427 e. The SMILES string of the molecule is CC(C)(C)c1cc2cc(-c3ccccc3C3=CC(c4ccccc4-c4ccc5c(=O)oc(C(C)(C)C)cc5c4)CC(c4ccccc4-c4ccc5c(=O)oc(C(C)(C)C)cc5c4)=C3)ccc2c(=O)o1. The lowest BCUT2D eigenvalue weighted by Gasteiger charge is -2.27. The van der Waals surface area contributed by atoms with Crippen LogP contribution in [0.3, 0.4) is 0 Å². The van der Waals surface area contributed by atoms with Crippen molar-refractivity contribution >= 4 is 43.5 Å². The van der Waals surface area contributed by atoms with Crippen LogP contribution in [0.2, 0.25) is 0 Å². The summed E-state index contributed by atoms with van der Waals surface area (Å²) in [4.78, 5) is 39.8. The van der Waals surface area contributed by atoms with Crippen molar-refractivity contribution in [3.63, 3.8) is 0 Å². The first-order valence-electron chi connectivity index (χ1n) is 23.8. The van der Waals surface area contributed by atoms with E-state index >= 15 is 0 Å². The molecular weight excluding hydrogens is 853 g/mol. The van der Waals surface area contributed by atoms with Gasteiger partial charge in [-0.1, -0.05) is 165 Å². The molecule has 0 N–H and O–H groups in total. The number of fused-ring (bicyclic) bond motifs is 3. The molecule has 3 heterocycles. The van der Waals surface area contributed by atoms with Crippen molar-refractivity contribution in [2.45, 2.75) is 90.9 Å². The molecule has 6 aromatic carbocycles. The molecule has 69 heavy (non-hydrogen) atoms. The first-order valence-corrected chi connectivity index (χ1v) is 23.8. The van der Waals surface area contributed by atoms with E-state index in [0.29, 0.717) is 39.9 Å². The zero-order valence-corrected chi connectivity index (χ0v) is 40.7. The number of rotatable bonds is 6. The van der Waals surface area contributed by atoms with Gasteiger partial charge in [0.2, 0.25) is 0 Å². The molecule has 0 radical (unpaired) electrons. The van der Waals surface area contributed by atoms with E-state index in [1.807, 2.05) is 117 Å². The monoisotopic (exact) mass is 908 g/mol. The van der Waals surface area contributed by atoms with Gasteiger partial charge in [0, 0.05) is 22.2 Å². The summed E-state index contributed by atoms with van der Waals surface area (Å²) in [5.74, 6) is 1.86. The van der Waals surface area contributed by atoms with E-state index in [-0.39, 0.29) is 39.0 Å². The third-order valence-corrected chi connectivity index (χ3v) is 13.5. The first-order chi connectivity index (χ1) is 32.8. The number of benzene rings is 6. The molecule has 3 aromatic heterocycles. The van der Waals surface area contributed by atoms with Gasteiger partial charge in [0.15, 0.2) is 0 Å². The first kappa shape index (κ1) is 45.2. The molecule has 344 valence electrons. The molecule has 1 aliphatic carbocycles. The van der Waals surface area contributed by atoms with Gasteiger partial charge in [0.1, 0.15) is 17.3 Å². The number of hydrogen-bond acceptors (Lipinski definition) is 6. The molecule has 1 aliphatic rings. The highest BCUT2D eigenvalue weighted by molar-refractivity contribution is 5.98. The summed E-state index contributed by atoms with van der Waals surface area (Å²) in [5.41, 5.74) is 9.72. The Bertz CT molecular complexity index is 3770. The second-order valence-corrected chi connectivity index (χ2v) is 21.6. The van der Waals surface area contributed by atoms with Gasteiger partial charge in [-0.05, 0) is 138 Å². The molecule has 0 saturated heterocycles. The van der Waals surface area contributed by atoms with Crippen LogP contribution < -0.4 is 16.9 Å². The molecule has 0 saturated carbocycles. The molecular formula is C63H56O6. The van der Waals surface area contributed by atoms with Crippen molar-refractivity contribution in [2.75, 3.05) is 0 Å². The molecule has 6 heteroatoms. The van der Waals surface area contributed by atoms with Gasteiger partial charge in [-0.3, -0.25) is 0 Å². The standard InChI is InChI=1S/C63H56O6/c1-61(2,3)55-34-43-28-37(22-25-52(43)58(64)67-55)46-16-10-13-19-49(46)40-31-41(50-20-14-11-17-47(50)38-23-26-53-44(29-38)35-56(62(4,5)6)68-59(53)65)33-42(32-40)51-21-15-12-18-48(51)39-24-27-54-45(30-39)36-57(63(7,8)9)69-60(54)66/h10-32,34-36,41H,33H2,1-9H3. The zero-order valence-electron chi connectivity index (χ0n) is 40.7. The van der Waals surface area contributed by atoms with Crippen molar-refractivity contribution in [1.82, 2.24) is 0 Å². The average molecular weight is 909 g/mol. The minimum absolute atomic E-state index is 0.0647. The topological polar surface area (TPSA) is 90.6 Å². The molecule has 0 spiro atoms. The second-order valence-electron chi connectivity index (χ2n) is 21.6. The Morgan fingerprint density at radius 3 is 1.20 bits per heavy atom. The molecule has 6 nitrogen and oxygen atoms in total. The molecule has 10 rings (SSSR count). The Morgan fingerprint density at radius 1 is 0.406 bits per heavy atom. The third-order valence-electron chi connectivity index (χ3n) is 13.5. The van der Waals surface area contributed by atoms with Crippen LogP contribution >= 0.6 is 0 Å². The third kappa shape index (κ3) is 8.65. The van der Waals surface area contributed by atoms with E-state index in [1.54, 1.807) is 0 Å². The van der Waals surface area contributed by atoms with Gasteiger partial charge in [-0.15, -0.1) is 0 Å². The maximum absolute atomic E-state index is 13.3. The van der Waals surface area contributed by atoms with Crippen LogP contribution in [0.25, 0.3) is 76.8 Å². The summed E-state index contributed by atoms with van der Waals surface area (Å²) in [6.07, 6.45) is 5.44. The van der Waals surface area contributed by atoms with E-state index in [9.17, 15) is 14.4 Å². The Hall–Kier alpha value is -7.57. The van der Waals surface area contributed by atoms with E-state index in [4.69, 9.17) is 13.3 Å². The Balaban J connectivity index is 1.16. The Morgan fingerprint density at radius 2 is 0.768 bits per heavy atom. The van der Waals surface area contributed by atoms with Gasteiger partial charge >= 0.3 is 16.9 Å². The fourth-order valence-electron chi connectivity index (χ4n) is 9.64. The van der Waals surface area contributed by atoms with Crippen molar-refractivity contribution < 1.29 is 13.3 Å². The van der Waals surface area contributed by atoms with Gasteiger partial charge < -0.3 is 13.3 Å². The predicted octanol–water partition coefficient (Wildman–Crippen LogP) is 15.6. The maximum Gasteiger partial charge on any atom is 0.343 e. The van der Waals surface area contributed by atoms with Crippen molar-refractivity contribution in [2.24, 2.45) is 0 Å². The summed E-state index contributed by atoms with van der Waals surface area (Å²) in [6, 6.07) is 49.6. The van der Waals surface area contributed by atoms with Crippen LogP contribution in [0.4, 0.5) is 0 Å². The molecule has 0 bridgehead atoms. The fourth-order valence-corrected chi connectivity index (χ4v) is 9.64. The van der Waals surface area contributed by atoms with Crippen LogP contribution in [-0.2, 0) is 16.2 Å². The van der Waals surface area contributed by atoms with Crippen molar-refractivity contribution in [3.05, 3.63) is 223 Å². The summed E-state index contributed by atoms with van der Waals surface area (Å²) >= 11 is 0. The average Bonchev–Trinajstić information content (AvgIpc) is 3.32. The highest BCUT2D eigenvalue weighted by atomic mass is 16.4. The van der Waals surface area contributed by atoms with Crippen LogP contribution in [-0.4, -0.2) is 0 Å². The van der Waals surface area contributed by atoms with Gasteiger partial charge in [-0.2, -0.15) is 0 Å². The lowest BCUT2D eigenvalue weighted by Crippen LogP contribution is -2.15. The van der Waals surface area contributed by atoms with Crippen LogP contribution in [0.5, 0.6) is 0 Å². The van der Waals surface area contributed by atoms with Crippen LogP contribution in [0.15, 0.2) is 185 Å². The minimum atomic E-state index is -0.342. The molecule has 1 atom stereocenters. The number of hydrogen-bond donors (Lipinski definition) is 0. The molecule has 0 aliphatic heterocycles. The smallest absolute Gasteiger partial charge is 0.343 e. The summed E-state index contributed by atoms with van der Waals surface area (Å²) in [7, 11) is 0. The zero-order chi connectivity index (χ0) is 48.6. The summed E-state index contributed by atoms with van der Waals surface area (Å²) in [5, 5.41) is 4.17. The number of allylic oxidation sites excluding steroid dienone is 4. The quantitative estimate of drug-likeness (QED) is 0.165. The lowest BCUT2D eigenvalue weighted by atomic mass is 9.77. The van der Waals surface area contributed by atoms with E-state index in [2.05, 4.69) is 103 Å². The van der Waals surface area contributed by atoms with Crippen molar-refractivity contribution in [3.8, 4) is 33.4 Å². The largest absolute Gasteiger partial charge is 0.427 e. The molecule has 1 unspecified atom stereocenters. The van der Waals surface area contributed by atoms with E-state index < -0.39 is 0 Å². The highest BCUT2D eigenvalue weighted by Gasteiger charge is 2.27. The van der Waals surface area contributed by atoms with Crippen molar-refractivity contribution in [1.29, 1.82) is 0 Å². The fraction of sp³-hybridized carbons (Fsp3) is 0.222.